The summed E-state index contributed by atoms with van der Waals surface area (Å²) in [6.07, 6.45) is 2.24. The SMILES string of the molecule is O=C1[C@@H]2C[C@@H]3C(=CC[C@@H]4C(=O)N(c5ccc(Nc6ccccc6)cc5)C(=O)[C@@H]43)[C@H](c3c(O)ccc4ccccc34)[C@]2(c2ccc(Cl)cc2)C(=O)N1Nc1ccc(F)cc1. The summed E-state index contributed by atoms with van der Waals surface area (Å²) >= 11 is 6.44. The van der Waals surface area contributed by atoms with Crippen molar-refractivity contribution in [3.8, 4) is 5.75 Å². The fourth-order valence-electron chi connectivity index (χ4n) is 10.2. The van der Waals surface area contributed by atoms with Crippen LogP contribution in [0.3, 0.4) is 0 Å². The van der Waals surface area contributed by atoms with E-state index in [0.717, 1.165) is 21.8 Å². The van der Waals surface area contributed by atoms with Crippen molar-refractivity contribution < 1.29 is 28.7 Å². The Kier molecular flexibility index (Phi) is 8.64. The normalized spacial score (nSPS) is 24.8. The number of para-hydroxylation sites is 1. The fourth-order valence-corrected chi connectivity index (χ4v) is 10.3. The molecule has 6 atom stereocenters. The minimum Gasteiger partial charge on any atom is -0.508 e. The van der Waals surface area contributed by atoms with Gasteiger partial charge >= 0.3 is 0 Å². The summed E-state index contributed by atoms with van der Waals surface area (Å²) in [7, 11) is 0. The molecule has 3 fully saturated rings. The summed E-state index contributed by atoms with van der Waals surface area (Å²) in [6, 6.07) is 39.9. The average Bonchev–Trinajstić information content (AvgIpc) is 3.63. The van der Waals surface area contributed by atoms with Crippen molar-refractivity contribution in [3.05, 3.63) is 173 Å². The van der Waals surface area contributed by atoms with Crippen molar-refractivity contribution in [2.45, 2.75) is 24.2 Å². The molecular formula is C48H36ClFN4O5. The van der Waals surface area contributed by atoms with Crippen molar-refractivity contribution in [1.29, 1.82) is 0 Å². The number of halogens is 2. The predicted octanol–water partition coefficient (Wildman–Crippen LogP) is 9.27. The van der Waals surface area contributed by atoms with Gasteiger partial charge in [0.15, 0.2) is 0 Å². The molecule has 2 aliphatic heterocycles. The largest absolute Gasteiger partial charge is 0.508 e. The van der Waals surface area contributed by atoms with Crippen molar-refractivity contribution >= 4 is 68.8 Å². The van der Waals surface area contributed by atoms with Crippen molar-refractivity contribution in [1.82, 2.24) is 5.01 Å². The topological polar surface area (TPSA) is 119 Å². The molecule has 4 aliphatic rings. The molecule has 2 saturated heterocycles. The molecule has 2 heterocycles. The van der Waals surface area contributed by atoms with Gasteiger partial charge in [0, 0.05) is 27.9 Å². The van der Waals surface area contributed by atoms with Gasteiger partial charge in [0.05, 0.1) is 34.5 Å². The Labute approximate surface area is 343 Å². The zero-order chi connectivity index (χ0) is 40.6. The van der Waals surface area contributed by atoms with Crippen LogP contribution < -0.4 is 15.6 Å². The van der Waals surface area contributed by atoms with Crippen LogP contribution in [0.2, 0.25) is 5.02 Å². The van der Waals surface area contributed by atoms with Gasteiger partial charge in [-0.2, -0.15) is 5.01 Å². The predicted molar refractivity (Wildman–Crippen MR) is 223 cm³/mol. The van der Waals surface area contributed by atoms with Crippen molar-refractivity contribution in [2.75, 3.05) is 15.6 Å². The van der Waals surface area contributed by atoms with Crippen molar-refractivity contribution in [2.24, 2.45) is 23.7 Å². The molecule has 0 unspecified atom stereocenters. The van der Waals surface area contributed by atoms with Gasteiger partial charge < -0.3 is 10.4 Å². The van der Waals surface area contributed by atoms with Crippen LogP contribution in [0.15, 0.2) is 151 Å². The minimum absolute atomic E-state index is 0.0661. The highest BCUT2D eigenvalue weighted by atomic mass is 35.5. The van der Waals surface area contributed by atoms with Crippen LogP contribution in [-0.2, 0) is 24.6 Å². The Hall–Kier alpha value is -6.78. The Morgan fingerprint density at radius 3 is 2.12 bits per heavy atom. The van der Waals surface area contributed by atoms with Crippen LogP contribution in [0.25, 0.3) is 10.8 Å². The molecule has 59 heavy (non-hydrogen) atoms. The van der Waals surface area contributed by atoms with E-state index in [4.69, 9.17) is 11.6 Å². The third-order valence-corrected chi connectivity index (χ3v) is 12.9. The number of rotatable bonds is 7. The second kappa shape index (κ2) is 14.0. The van der Waals surface area contributed by atoms with Crippen LogP contribution in [0.5, 0.6) is 5.75 Å². The van der Waals surface area contributed by atoms with Gasteiger partial charge in [-0.05, 0) is 114 Å². The third-order valence-electron chi connectivity index (χ3n) is 12.7. The van der Waals surface area contributed by atoms with E-state index in [1.807, 2.05) is 72.8 Å². The number of anilines is 4. The maximum atomic E-state index is 15.6. The molecule has 6 aromatic rings. The molecule has 1 saturated carbocycles. The van der Waals surface area contributed by atoms with E-state index < -0.39 is 52.6 Å². The molecule has 2 aliphatic carbocycles. The quantitative estimate of drug-likeness (QED) is 0.109. The van der Waals surface area contributed by atoms with E-state index in [0.29, 0.717) is 38.5 Å². The van der Waals surface area contributed by atoms with Gasteiger partial charge in [-0.25, -0.2) is 4.39 Å². The van der Waals surface area contributed by atoms with Gasteiger partial charge in [-0.1, -0.05) is 83.9 Å². The van der Waals surface area contributed by atoms with E-state index in [2.05, 4.69) is 10.7 Å². The Morgan fingerprint density at radius 2 is 1.37 bits per heavy atom. The lowest BCUT2D eigenvalue weighted by Crippen LogP contribution is -2.53. The number of hydrogen-bond acceptors (Lipinski definition) is 7. The molecule has 0 spiro atoms. The molecule has 11 heteroatoms. The summed E-state index contributed by atoms with van der Waals surface area (Å²) in [6.45, 7) is 0. The third kappa shape index (κ3) is 5.65. The molecule has 10 rings (SSSR count). The van der Waals surface area contributed by atoms with Crippen LogP contribution >= 0.6 is 11.6 Å². The van der Waals surface area contributed by atoms with Gasteiger partial charge in [-0.3, -0.25) is 29.5 Å². The summed E-state index contributed by atoms with van der Waals surface area (Å²) in [5.74, 6) is -6.59. The number of nitrogens with one attached hydrogen (secondary N) is 2. The standard InChI is InChI=1S/C48H36ClFN4O5/c49-29-13-11-28(12-14-29)48-39(45(57)54(47(48)59)52-33-17-15-30(50)16-18-33)26-38-36(43(48)42-35-9-5-4-6-27(35)10-25-40(42)55)23-24-37-41(38)46(58)53(44(37)56)34-21-19-32(20-22-34)51-31-7-2-1-3-8-31/h1-23,25,37-39,41,43,51-52,55H,24,26H2/t37-,38+,39-,41-,43+,48+/m0/s1. The number of allylic oxidation sites excluding steroid dienone is 2. The molecule has 292 valence electrons. The summed E-state index contributed by atoms with van der Waals surface area (Å²) in [5.41, 5.74) is 5.42. The molecule has 0 aromatic heterocycles. The zero-order valence-electron chi connectivity index (χ0n) is 31.4. The first kappa shape index (κ1) is 36.6. The number of fused-ring (bicyclic) bond motifs is 5. The molecule has 6 aromatic carbocycles. The van der Waals surface area contributed by atoms with Crippen molar-refractivity contribution in [3.63, 3.8) is 0 Å². The Morgan fingerprint density at radius 1 is 0.695 bits per heavy atom. The number of imide groups is 2. The van der Waals surface area contributed by atoms with E-state index in [1.165, 1.54) is 29.2 Å². The van der Waals surface area contributed by atoms with E-state index in [1.54, 1.807) is 48.5 Å². The first-order valence-electron chi connectivity index (χ1n) is 19.5. The lowest BCUT2D eigenvalue weighted by atomic mass is 9.48. The lowest BCUT2D eigenvalue weighted by Gasteiger charge is -2.51. The number of carbonyl (C=O) groups excluding carboxylic acids is 4. The number of nitrogens with zero attached hydrogens (tertiary/aromatic N) is 2. The van der Waals surface area contributed by atoms with Crippen LogP contribution in [0.1, 0.15) is 29.9 Å². The highest BCUT2D eigenvalue weighted by Crippen LogP contribution is 2.65. The highest BCUT2D eigenvalue weighted by Gasteiger charge is 2.71. The lowest BCUT2D eigenvalue weighted by molar-refractivity contribution is -0.138. The Bertz CT molecular complexity index is 2730. The fraction of sp³-hybridized carbons (Fsp3) is 0.167. The van der Waals surface area contributed by atoms with Gasteiger partial charge in [0.25, 0.3) is 11.8 Å². The number of benzene rings is 6. The van der Waals surface area contributed by atoms with E-state index in [-0.39, 0.29) is 30.4 Å². The van der Waals surface area contributed by atoms with Crippen LogP contribution in [0.4, 0.5) is 27.1 Å². The maximum Gasteiger partial charge on any atom is 0.260 e. The zero-order valence-corrected chi connectivity index (χ0v) is 32.1. The molecule has 0 bridgehead atoms. The van der Waals surface area contributed by atoms with Crippen LogP contribution in [-0.4, -0.2) is 33.7 Å². The number of phenolic OH excluding ortho intramolecular Hbond substituents is 1. The number of phenols is 1. The smallest absolute Gasteiger partial charge is 0.260 e. The first-order chi connectivity index (χ1) is 28.6. The van der Waals surface area contributed by atoms with E-state index in [9.17, 15) is 19.1 Å². The number of hydrogen-bond donors (Lipinski definition) is 3. The Balaban J connectivity index is 1.13. The van der Waals surface area contributed by atoms with E-state index >= 15 is 9.59 Å². The summed E-state index contributed by atoms with van der Waals surface area (Å²) in [4.78, 5) is 61.1. The monoisotopic (exact) mass is 802 g/mol. The number of hydrazine groups is 1. The molecule has 0 radical (unpaired) electrons. The molecule has 4 amide bonds. The second-order valence-electron chi connectivity index (χ2n) is 15.6. The van der Waals surface area contributed by atoms with Gasteiger partial charge in [0.1, 0.15) is 11.6 Å². The molecule has 9 nitrogen and oxygen atoms in total. The number of carbonyl (C=O) groups is 4. The number of aromatic hydroxyl groups is 1. The highest BCUT2D eigenvalue weighted by molar-refractivity contribution is 6.30. The second-order valence-corrected chi connectivity index (χ2v) is 16.1. The number of amides is 4. The van der Waals surface area contributed by atoms with Crippen LogP contribution in [0, 0.1) is 29.5 Å². The molecule has 3 N–H and O–H groups in total. The summed E-state index contributed by atoms with van der Waals surface area (Å²) < 4.78 is 14.0. The summed E-state index contributed by atoms with van der Waals surface area (Å²) in [5, 5.41) is 18.2. The van der Waals surface area contributed by atoms with Gasteiger partial charge in [-0.15, -0.1) is 0 Å². The first-order valence-corrected chi connectivity index (χ1v) is 19.9. The average molecular weight is 803 g/mol. The minimum atomic E-state index is -1.64. The molecular weight excluding hydrogens is 767 g/mol. The maximum absolute atomic E-state index is 15.6. The van der Waals surface area contributed by atoms with Gasteiger partial charge in [0.2, 0.25) is 11.8 Å².